The Bertz CT molecular complexity index is 951. The average molecular weight is 397 g/mol. The second kappa shape index (κ2) is 6.29. The van der Waals surface area contributed by atoms with Crippen molar-refractivity contribution >= 4 is 43.4 Å². The monoisotopic (exact) mass is 396 g/mol. The van der Waals surface area contributed by atoms with Crippen LogP contribution < -0.4 is 4.18 Å². The lowest BCUT2D eigenvalue weighted by molar-refractivity contribution is 0.463. The fourth-order valence-corrected chi connectivity index (χ4v) is 4.05. The standard InChI is InChI=1S/C13H10Cl2O6S2/c1-8-2-4-10(5-3-8)23(19,20)21-13-11(15)6-9(14)7-12(13)22(16,17)18/h2-7H,1H3,(H,16,17,18). The van der Waals surface area contributed by atoms with E-state index in [0.29, 0.717) is 0 Å². The molecule has 0 radical (unpaired) electrons. The van der Waals surface area contributed by atoms with Gasteiger partial charge in [0.2, 0.25) is 0 Å². The highest BCUT2D eigenvalue weighted by Crippen LogP contribution is 2.37. The zero-order valence-corrected chi connectivity index (χ0v) is 14.7. The minimum absolute atomic E-state index is 0.109. The molecule has 0 saturated heterocycles. The highest BCUT2D eigenvalue weighted by atomic mass is 35.5. The van der Waals surface area contributed by atoms with E-state index < -0.39 is 30.9 Å². The molecule has 0 fully saturated rings. The van der Waals surface area contributed by atoms with Crippen molar-refractivity contribution in [3.63, 3.8) is 0 Å². The summed E-state index contributed by atoms with van der Waals surface area (Å²) in [4.78, 5) is -1.04. The zero-order chi connectivity index (χ0) is 17.4. The molecule has 0 amide bonds. The first-order valence-corrected chi connectivity index (χ1v) is 9.59. The largest absolute Gasteiger partial charge is 0.376 e. The third-order valence-corrected chi connectivity index (χ3v) is 5.35. The molecular weight excluding hydrogens is 387 g/mol. The van der Waals surface area contributed by atoms with Crippen LogP contribution in [0.25, 0.3) is 0 Å². The van der Waals surface area contributed by atoms with Crippen molar-refractivity contribution < 1.29 is 25.6 Å². The number of benzene rings is 2. The fraction of sp³-hybridized carbons (Fsp3) is 0.0769. The number of aryl methyl sites for hydroxylation is 1. The van der Waals surface area contributed by atoms with Gasteiger partial charge in [-0.25, -0.2) is 0 Å². The minimum Gasteiger partial charge on any atom is -0.376 e. The van der Waals surface area contributed by atoms with E-state index in [1.54, 1.807) is 19.1 Å². The number of rotatable bonds is 4. The van der Waals surface area contributed by atoms with Gasteiger partial charge in [-0.05, 0) is 31.2 Å². The molecule has 0 aliphatic heterocycles. The molecule has 23 heavy (non-hydrogen) atoms. The molecule has 0 unspecified atom stereocenters. The second-order valence-electron chi connectivity index (χ2n) is 4.54. The summed E-state index contributed by atoms with van der Waals surface area (Å²) in [5.74, 6) is -0.723. The molecule has 2 aromatic rings. The van der Waals surface area contributed by atoms with Crippen LogP contribution in [0.2, 0.25) is 10.0 Å². The molecule has 0 bridgehead atoms. The van der Waals surface area contributed by atoms with E-state index in [1.165, 1.54) is 12.1 Å². The molecule has 6 nitrogen and oxygen atoms in total. The summed E-state index contributed by atoms with van der Waals surface area (Å²) < 4.78 is 61.3. The molecule has 2 aromatic carbocycles. The predicted molar refractivity (Wildman–Crippen MR) is 85.3 cm³/mol. The van der Waals surface area contributed by atoms with E-state index in [9.17, 15) is 21.4 Å². The van der Waals surface area contributed by atoms with Gasteiger partial charge in [0.05, 0.1) is 5.02 Å². The second-order valence-corrected chi connectivity index (χ2v) is 8.32. The van der Waals surface area contributed by atoms with Gasteiger partial charge in [0.25, 0.3) is 10.1 Å². The zero-order valence-electron chi connectivity index (χ0n) is 11.5. The summed E-state index contributed by atoms with van der Waals surface area (Å²) in [6.45, 7) is 1.77. The molecule has 124 valence electrons. The molecule has 1 N–H and O–H groups in total. The lowest BCUT2D eigenvalue weighted by Gasteiger charge is -2.12. The number of hydrogen-bond acceptors (Lipinski definition) is 5. The summed E-state index contributed by atoms with van der Waals surface area (Å²) in [6.07, 6.45) is 0. The van der Waals surface area contributed by atoms with E-state index in [0.717, 1.165) is 17.7 Å². The van der Waals surface area contributed by atoms with Crippen LogP contribution >= 0.6 is 23.2 Å². The van der Waals surface area contributed by atoms with Crippen LogP contribution in [0, 0.1) is 6.92 Å². The molecule has 0 saturated carbocycles. The maximum absolute atomic E-state index is 12.2. The van der Waals surface area contributed by atoms with E-state index in [-0.39, 0.29) is 14.9 Å². The van der Waals surface area contributed by atoms with Crippen molar-refractivity contribution in [1.29, 1.82) is 0 Å². The maximum Gasteiger partial charge on any atom is 0.339 e. The van der Waals surface area contributed by atoms with Crippen molar-refractivity contribution in [1.82, 2.24) is 0 Å². The van der Waals surface area contributed by atoms with Gasteiger partial charge in [-0.3, -0.25) is 4.55 Å². The van der Waals surface area contributed by atoms with E-state index in [2.05, 4.69) is 0 Å². The Balaban J connectivity index is 2.58. The predicted octanol–water partition coefficient (Wildman–Crippen LogP) is 3.32. The summed E-state index contributed by atoms with van der Waals surface area (Å²) in [5, 5.41) is -0.483. The Kier molecular flexibility index (Phi) is 4.93. The van der Waals surface area contributed by atoms with Crippen molar-refractivity contribution in [2.75, 3.05) is 0 Å². The summed E-state index contributed by atoms with van der Waals surface area (Å²) in [6, 6.07) is 7.61. The Morgan fingerprint density at radius 2 is 1.57 bits per heavy atom. The Morgan fingerprint density at radius 1 is 1.00 bits per heavy atom. The summed E-state index contributed by atoms with van der Waals surface area (Å²) in [5.41, 5.74) is 0.826. The van der Waals surface area contributed by atoms with Crippen LogP contribution in [0.5, 0.6) is 5.75 Å². The molecule has 0 aliphatic rings. The highest BCUT2D eigenvalue weighted by Gasteiger charge is 2.26. The quantitative estimate of drug-likeness (QED) is 0.628. The van der Waals surface area contributed by atoms with Crippen LogP contribution in [0.15, 0.2) is 46.2 Å². The normalized spacial score (nSPS) is 12.2. The Hall–Kier alpha value is -1.32. The van der Waals surface area contributed by atoms with E-state index in [4.69, 9.17) is 27.4 Å². The molecule has 0 atom stereocenters. The van der Waals surface area contributed by atoms with Crippen LogP contribution in [-0.2, 0) is 20.2 Å². The van der Waals surface area contributed by atoms with Gasteiger partial charge in [-0.2, -0.15) is 16.8 Å². The van der Waals surface area contributed by atoms with Gasteiger partial charge in [0.15, 0.2) is 5.75 Å². The van der Waals surface area contributed by atoms with Gasteiger partial charge in [-0.1, -0.05) is 40.9 Å². The van der Waals surface area contributed by atoms with Crippen molar-refractivity contribution in [3.05, 3.63) is 52.0 Å². The maximum atomic E-state index is 12.2. The third kappa shape index (κ3) is 4.15. The van der Waals surface area contributed by atoms with E-state index in [1.807, 2.05) is 0 Å². The Labute approximate surface area is 143 Å². The first-order chi connectivity index (χ1) is 10.5. The van der Waals surface area contributed by atoms with Crippen LogP contribution in [0.4, 0.5) is 0 Å². The van der Waals surface area contributed by atoms with Crippen LogP contribution in [0.3, 0.4) is 0 Å². The molecule has 0 aromatic heterocycles. The molecule has 0 spiro atoms. The molecule has 0 aliphatic carbocycles. The van der Waals surface area contributed by atoms with Crippen molar-refractivity contribution in [2.24, 2.45) is 0 Å². The first-order valence-electron chi connectivity index (χ1n) is 5.98. The smallest absolute Gasteiger partial charge is 0.339 e. The van der Waals surface area contributed by atoms with Gasteiger partial charge >= 0.3 is 10.1 Å². The SMILES string of the molecule is Cc1ccc(S(=O)(=O)Oc2c(Cl)cc(Cl)cc2S(=O)(=O)O)cc1. The highest BCUT2D eigenvalue weighted by molar-refractivity contribution is 7.87. The first kappa shape index (κ1) is 18.0. The number of hydrogen-bond donors (Lipinski definition) is 1. The fourth-order valence-electron chi connectivity index (χ4n) is 1.67. The lowest BCUT2D eigenvalue weighted by Crippen LogP contribution is -2.13. The lowest BCUT2D eigenvalue weighted by atomic mass is 10.2. The van der Waals surface area contributed by atoms with Gasteiger partial charge in [-0.15, -0.1) is 0 Å². The molecule has 10 heteroatoms. The number of halogens is 2. The van der Waals surface area contributed by atoms with E-state index >= 15 is 0 Å². The Morgan fingerprint density at radius 3 is 2.09 bits per heavy atom. The molecule has 2 rings (SSSR count). The summed E-state index contributed by atoms with van der Waals surface area (Å²) in [7, 11) is -9.15. The van der Waals surface area contributed by atoms with Crippen molar-refractivity contribution in [3.8, 4) is 5.75 Å². The van der Waals surface area contributed by atoms with Gasteiger partial charge < -0.3 is 4.18 Å². The average Bonchev–Trinajstić information content (AvgIpc) is 2.41. The van der Waals surface area contributed by atoms with Crippen LogP contribution in [-0.4, -0.2) is 21.4 Å². The topological polar surface area (TPSA) is 97.7 Å². The molecule has 0 heterocycles. The third-order valence-electron chi connectivity index (χ3n) is 2.75. The van der Waals surface area contributed by atoms with Crippen LogP contribution in [0.1, 0.15) is 5.56 Å². The molecular formula is C13H10Cl2O6S2. The van der Waals surface area contributed by atoms with Gasteiger partial charge in [0.1, 0.15) is 9.79 Å². The van der Waals surface area contributed by atoms with Crippen molar-refractivity contribution in [2.45, 2.75) is 16.7 Å². The van der Waals surface area contributed by atoms with Gasteiger partial charge in [0, 0.05) is 5.02 Å². The summed E-state index contributed by atoms with van der Waals surface area (Å²) >= 11 is 11.5. The minimum atomic E-state index is -4.80.